The fraction of sp³-hybridized carbons (Fsp3) is 0.800. The van der Waals surface area contributed by atoms with E-state index < -0.39 is 17.8 Å². The van der Waals surface area contributed by atoms with Crippen LogP contribution < -0.4 is 0 Å². The van der Waals surface area contributed by atoms with Gasteiger partial charge in [0.25, 0.3) is 0 Å². The lowest BCUT2D eigenvalue weighted by molar-refractivity contribution is -0.158. The van der Waals surface area contributed by atoms with Crippen LogP contribution in [0, 0.1) is 23.7 Å². The Morgan fingerprint density at radius 2 is 1.79 bits per heavy atom. The summed E-state index contributed by atoms with van der Waals surface area (Å²) in [7, 11) is 1.33. The molecule has 0 aromatic rings. The molecule has 14 heavy (non-hydrogen) atoms. The third-order valence-corrected chi connectivity index (χ3v) is 3.67. The van der Waals surface area contributed by atoms with Crippen molar-refractivity contribution in [3.63, 3.8) is 0 Å². The van der Waals surface area contributed by atoms with Crippen LogP contribution in [-0.4, -0.2) is 24.2 Å². The van der Waals surface area contributed by atoms with Crippen LogP contribution in [0.1, 0.15) is 19.3 Å². The number of carboxylic acids is 1. The molecule has 1 N–H and O–H groups in total. The third-order valence-electron chi connectivity index (χ3n) is 3.67. The molecule has 0 aromatic carbocycles. The fourth-order valence-electron chi connectivity index (χ4n) is 3.12. The molecule has 0 saturated heterocycles. The average molecular weight is 198 g/mol. The normalized spacial score (nSPS) is 39.8. The second-order valence-corrected chi connectivity index (χ2v) is 4.25. The smallest absolute Gasteiger partial charge is 0.309 e. The Morgan fingerprint density at radius 3 is 2.29 bits per heavy atom. The van der Waals surface area contributed by atoms with Crippen molar-refractivity contribution in [3.8, 4) is 0 Å². The predicted octanol–water partition coefficient (Wildman–Crippen LogP) is 0.906. The monoisotopic (exact) mass is 198 g/mol. The number of fused-ring (bicyclic) bond motifs is 2. The minimum atomic E-state index is -0.840. The molecule has 0 aromatic heterocycles. The molecule has 0 amide bonds. The van der Waals surface area contributed by atoms with Gasteiger partial charge in [-0.25, -0.2) is 0 Å². The van der Waals surface area contributed by atoms with Gasteiger partial charge in [0.1, 0.15) is 0 Å². The summed E-state index contributed by atoms with van der Waals surface area (Å²) in [5, 5.41) is 9.04. The second-order valence-electron chi connectivity index (χ2n) is 4.25. The number of aliphatic carboxylic acids is 1. The zero-order valence-corrected chi connectivity index (χ0v) is 8.10. The first kappa shape index (κ1) is 9.49. The Morgan fingerprint density at radius 1 is 1.21 bits per heavy atom. The second kappa shape index (κ2) is 3.26. The lowest BCUT2D eigenvalue weighted by Crippen LogP contribution is -2.35. The lowest BCUT2D eigenvalue weighted by atomic mass is 9.79. The van der Waals surface area contributed by atoms with Crippen molar-refractivity contribution >= 4 is 11.9 Å². The van der Waals surface area contributed by atoms with Gasteiger partial charge in [0.2, 0.25) is 0 Å². The van der Waals surface area contributed by atoms with Crippen molar-refractivity contribution in [2.24, 2.45) is 23.7 Å². The van der Waals surface area contributed by atoms with Gasteiger partial charge >= 0.3 is 11.9 Å². The Bertz CT molecular complexity index is 273. The first-order valence-corrected chi connectivity index (χ1v) is 4.95. The van der Waals surface area contributed by atoms with Crippen LogP contribution in [0.5, 0.6) is 0 Å². The first-order chi connectivity index (χ1) is 6.65. The van der Waals surface area contributed by atoms with Gasteiger partial charge in [0.05, 0.1) is 18.9 Å². The number of hydrogen-bond acceptors (Lipinski definition) is 3. The van der Waals surface area contributed by atoms with Crippen LogP contribution in [0.3, 0.4) is 0 Å². The molecule has 2 aliphatic carbocycles. The van der Waals surface area contributed by atoms with Gasteiger partial charge in [-0.3, -0.25) is 9.59 Å². The van der Waals surface area contributed by atoms with E-state index >= 15 is 0 Å². The van der Waals surface area contributed by atoms with E-state index in [0.29, 0.717) is 0 Å². The minimum Gasteiger partial charge on any atom is -0.481 e. The number of esters is 1. The van der Waals surface area contributed by atoms with E-state index in [-0.39, 0.29) is 17.8 Å². The fourth-order valence-corrected chi connectivity index (χ4v) is 3.12. The Labute approximate surface area is 82.2 Å². The van der Waals surface area contributed by atoms with Crippen molar-refractivity contribution < 1.29 is 19.4 Å². The summed E-state index contributed by atoms with van der Waals surface area (Å²) in [5.41, 5.74) is 0. The highest BCUT2D eigenvalue weighted by Gasteiger charge is 2.54. The number of rotatable bonds is 2. The van der Waals surface area contributed by atoms with E-state index in [2.05, 4.69) is 4.74 Å². The van der Waals surface area contributed by atoms with E-state index in [4.69, 9.17) is 5.11 Å². The summed E-state index contributed by atoms with van der Waals surface area (Å²) in [4.78, 5) is 22.4. The number of carbonyl (C=O) groups is 2. The van der Waals surface area contributed by atoms with E-state index in [1.807, 2.05) is 0 Å². The number of methoxy groups -OCH3 is 1. The zero-order chi connectivity index (χ0) is 10.3. The van der Waals surface area contributed by atoms with Crippen LogP contribution in [-0.2, 0) is 14.3 Å². The van der Waals surface area contributed by atoms with E-state index in [1.54, 1.807) is 0 Å². The SMILES string of the molecule is COC(=O)[C@@H]1[C@H]2CC[C@H](C2)[C@@H]1C(=O)O. The van der Waals surface area contributed by atoms with Crippen molar-refractivity contribution in [1.82, 2.24) is 0 Å². The molecule has 4 nitrogen and oxygen atoms in total. The minimum absolute atomic E-state index is 0.196. The highest BCUT2D eigenvalue weighted by atomic mass is 16.5. The largest absolute Gasteiger partial charge is 0.481 e. The summed E-state index contributed by atoms with van der Waals surface area (Å²) in [6.45, 7) is 0. The van der Waals surface area contributed by atoms with Crippen molar-refractivity contribution in [2.45, 2.75) is 19.3 Å². The highest BCUT2D eigenvalue weighted by Crippen LogP contribution is 2.52. The summed E-state index contributed by atoms with van der Waals surface area (Å²) in [6.07, 6.45) is 2.82. The number of ether oxygens (including phenoxy) is 1. The van der Waals surface area contributed by atoms with Gasteiger partial charge in [0.15, 0.2) is 0 Å². The molecule has 4 atom stereocenters. The van der Waals surface area contributed by atoms with E-state index in [0.717, 1.165) is 19.3 Å². The van der Waals surface area contributed by atoms with E-state index in [9.17, 15) is 9.59 Å². The molecule has 2 bridgehead atoms. The standard InChI is InChI=1S/C10H14O4/c1-14-10(13)8-6-3-2-5(4-6)7(8)9(11)12/h5-8H,2-4H2,1H3,(H,11,12)/t5-,6+,7+,8-/m1/s1. The molecule has 2 rings (SSSR count). The average Bonchev–Trinajstić information content (AvgIpc) is 2.74. The maximum absolute atomic E-state index is 11.4. The van der Waals surface area contributed by atoms with Gasteiger partial charge in [-0.15, -0.1) is 0 Å². The number of carboxylic acid groups (broad SMARTS) is 1. The molecule has 78 valence electrons. The topological polar surface area (TPSA) is 63.6 Å². The van der Waals surface area contributed by atoms with Crippen LogP contribution in [0.25, 0.3) is 0 Å². The molecule has 0 heterocycles. The van der Waals surface area contributed by atoms with Gasteiger partial charge in [-0.1, -0.05) is 0 Å². The maximum Gasteiger partial charge on any atom is 0.309 e. The first-order valence-electron chi connectivity index (χ1n) is 4.95. The number of hydrogen-bond donors (Lipinski definition) is 1. The van der Waals surface area contributed by atoms with Crippen LogP contribution in [0.15, 0.2) is 0 Å². The zero-order valence-electron chi connectivity index (χ0n) is 8.10. The Balaban J connectivity index is 2.21. The molecule has 2 fully saturated rings. The Hall–Kier alpha value is -1.06. The summed E-state index contributed by atoms with van der Waals surface area (Å²) < 4.78 is 4.66. The number of carbonyl (C=O) groups excluding carboxylic acids is 1. The molecular weight excluding hydrogens is 184 g/mol. The summed E-state index contributed by atoms with van der Waals surface area (Å²) in [5.74, 6) is -1.63. The molecule has 4 heteroatoms. The van der Waals surface area contributed by atoms with Crippen LogP contribution >= 0.6 is 0 Å². The molecule has 2 aliphatic rings. The van der Waals surface area contributed by atoms with Crippen molar-refractivity contribution in [3.05, 3.63) is 0 Å². The molecular formula is C10H14O4. The molecule has 0 aliphatic heterocycles. The van der Waals surface area contributed by atoms with E-state index in [1.165, 1.54) is 7.11 Å². The van der Waals surface area contributed by atoms with Gasteiger partial charge in [-0.05, 0) is 31.1 Å². The molecule has 2 saturated carbocycles. The summed E-state index contributed by atoms with van der Waals surface area (Å²) >= 11 is 0. The van der Waals surface area contributed by atoms with Crippen molar-refractivity contribution in [1.29, 1.82) is 0 Å². The molecule has 0 unspecified atom stereocenters. The highest BCUT2D eigenvalue weighted by molar-refractivity contribution is 5.82. The summed E-state index contributed by atoms with van der Waals surface area (Å²) in [6, 6.07) is 0. The molecule has 0 spiro atoms. The molecule has 0 radical (unpaired) electrons. The Kier molecular flexibility index (Phi) is 2.21. The van der Waals surface area contributed by atoms with Crippen LogP contribution in [0.2, 0.25) is 0 Å². The van der Waals surface area contributed by atoms with Gasteiger partial charge < -0.3 is 9.84 Å². The predicted molar refractivity (Wildman–Crippen MR) is 47.5 cm³/mol. The van der Waals surface area contributed by atoms with Crippen molar-refractivity contribution in [2.75, 3.05) is 7.11 Å². The quantitative estimate of drug-likeness (QED) is 0.670. The van der Waals surface area contributed by atoms with Gasteiger partial charge in [0, 0.05) is 0 Å². The lowest BCUT2D eigenvalue weighted by Gasteiger charge is -2.25. The van der Waals surface area contributed by atoms with Gasteiger partial charge in [-0.2, -0.15) is 0 Å². The third kappa shape index (κ3) is 1.21. The maximum atomic E-state index is 11.4. The van der Waals surface area contributed by atoms with Crippen LogP contribution in [0.4, 0.5) is 0 Å².